The first-order valence-electron chi connectivity index (χ1n) is 10.7. The van der Waals surface area contributed by atoms with Crippen LogP contribution >= 0.6 is 0 Å². The van der Waals surface area contributed by atoms with Gasteiger partial charge in [0.2, 0.25) is 11.8 Å². The molecule has 0 saturated carbocycles. The summed E-state index contributed by atoms with van der Waals surface area (Å²) < 4.78 is 5.68. The van der Waals surface area contributed by atoms with Gasteiger partial charge in [-0.3, -0.25) is 19.8 Å². The molecule has 28 heavy (non-hydrogen) atoms. The molecule has 3 fully saturated rings. The lowest BCUT2D eigenvalue weighted by atomic mass is 9.80. The summed E-state index contributed by atoms with van der Waals surface area (Å²) in [5.41, 5.74) is 6.54. The number of fused-ring (bicyclic) bond motifs is 2. The molecule has 4 N–H and O–H groups in total. The summed E-state index contributed by atoms with van der Waals surface area (Å²) in [6.45, 7) is 8.36. The Morgan fingerprint density at radius 2 is 2.14 bits per heavy atom. The van der Waals surface area contributed by atoms with Gasteiger partial charge in [-0.05, 0) is 45.4 Å². The van der Waals surface area contributed by atoms with Crippen molar-refractivity contribution in [3.05, 3.63) is 0 Å². The molecule has 0 radical (unpaired) electrons. The van der Waals surface area contributed by atoms with E-state index < -0.39 is 6.17 Å². The van der Waals surface area contributed by atoms with Gasteiger partial charge < -0.3 is 20.7 Å². The normalized spacial score (nSPS) is 36.2. The molecule has 3 heterocycles. The third kappa shape index (κ3) is 4.35. The highest BCUT2D eigenvalue weighted by Crippen LogP contribution is 2.37. The van der Waals surface area contributed by atoms with Crippen LogP contribution in [-0.4, -0.2) is 73.0 Å². The molecule has 6 atom stereocenters. The zero-order chi connectivity index (χ0) is 20.4. The van der Waals surface area contributed by atoms with E-state index in [2.05, 4.69) is 22.5 Å². The van der Waals surface area contributed by atoms with Gasteiger partial charge in [0.05, 0.1) is 36.4 Å². The highest BCUT2D eigenvalue weighted by molar-refractivity contribution is 5.84. The summed E-state index contributed by atoms with van der Waals surface area (Å²) in [7, 11) is 1.63. The van der Waals surface area contributed by atoms with Gasteiger partial charge >= 0.3 is 0 Å². The molecule has 8 nitrogen and oxygen atoms in total. The summed E-state index contributed by atoms with van der Waals surface area (Å²) in [6, 6.07) is 0. The second-order valence-corrected chi connectivity index (χ2v) is 8.86. The molecule has 2 amide bonds. The van der Waals surface area contributed by atoms with Gasteiger partial charge in [-0.15, -0.1) is 0 Å². The van der Waals surface area contributed by atoms with Gasteiger partial charge in [0.25, 0.3) is 0 Å². The number of carbonyl (C=O) groups is 2. The minimum Gasteiger partial charge on any atom is -0.379 e. The third-order valence-electron chi connectivity index (χ3n) is 6.42. The summed E-state index contributed by atoms with van der Waals surface area (Å²) in [5.74, 6) is -0.0271. The van der Waals surface area contributed by atoms with E-state index in [1.165, 1.54) is 0 Å². The van der Waals surface area contributed by atoms with Crippen molar-refractivity contribution in [2.75, 3.05) is 26.7 Å². The van der Waals surface area contributed by atoms with Crippen molar-refractivity contribution in [3.63, 3.8) is 0 Å². The molecule has 0 bridgehead atoms. The van der Waals surface area contributed by atoms with Crippen molar-refractivity contribution in [2.24, 2.45) is 23.5 Å². The van der Waals surface area contributed by atoms with E-state index in [1.807, 2.05) is 18.7 Å². The molecule has 0 aliphatic carbocycles. The zero-order valence-corrected chi connectivity index (χ0v) is 17.7. The quantitative estimate of drug-likeness (QED) is 0.559. The largest absolute Gasteiger partial charge is 0.379 e. The van der Waals surface area contributed by atoms with E-state index in [0.717, 1.165) is 25.8 Å². The molecule has 6 unspecified atom stereocenters. The van der Waals surface area contributed by atoms with Crippen LogP contribution in [0.5, 0.6) is 0 Å². The number of nitrogens with zero attached hydrogens (tertiary/aromatic N) is 2. The molecule has 3 aliphatic heterocycles. The molecule has 8 heteroatoms. The summed E-state index contributed by atoms with van der Waals surface area (Å²) >= 11 is 0. The predicted molar refractivity (Wildman–Crippen MR) is 107 cm³/mol. The van der Waals surface area contributed by atoms with Crippen LogP contribution in [0.4, 0.5) is 0 Å². The smallest absolute Gasteiger partial charge is 0.229 e. The molecular formula is C20H37N5O3. The second-order valence-electron chi connectivity index (χ2n) is 8.86. The van der Waals surface area contributed by atoms with Crippen molar-refractivity contribution >= 4 is 11.8 Å². The molecule has 0 spiro atoms. The van der Waals surface area contributed by atoms with Gasteiger partial charge in [-0.2, -0.15) is 0 Å². The monoisotopic (exact) mass is 395 g/mol. The Hall–Kier alpha value is -1.22. The number of nitrogens with two attached hydrogens (primary N) is 1. The van der Waals surface area contributed by atoms with Crippen molar-refractivity contribution in [2.45, 2.75) is 71.1 Å². The minimum absolute atomic E-state index is 0.0723. The van der Waals surface area contributed by atoms with Crippen molar-refractivity contribution in [3.8, 4) is 0 Å². The van der Waals surface area contributed by atoms with Crippen LogP contribution in [0, 0.1) is 17.8 Å². The fourth-order valence-corrected chi connectivity index (χ4v) is 4.92. The van der Waals surface area contributed by atoms with Crippen LogP contribution in [-0.2, 0) is 14.3 Å². The SMILES string of the molecule is CNC(=O)C1CC2C(=O)N3CC(C)CCC3NC2N(CCCOC(C)C)C1N. The Morgan fingerprint density at radius 3 is 2.82 bits per heavy atom. The summed E-state index contributed by atoms with van der Waals surface area (Å²) in [6.07, 6.45) is 3.14. The average Bonchev–Trinajstić information content (AvgIpc) is 2.66. The summed E-state index contributed by atoms with van der Waals surface area (Å²) in [4.78, 5) is 29.9. The first-order chi connectivity index (χ1) is 13.3. The Kier molecular flexibility index (Phi) is 6.96. The van der Waals surface area contributed by atoms with E-state index in [9.17, 15) is 9.59 Å². The van der Waals surface area contributed by atoms with E-state index >= 15 is 0 Å². The number of ether oxygens (including phenoxy) is 1. The Balaban J connectivity index is 1.78. The van der Waals surface area contributed by atoms with Gasteiger partial charge in [0.15, 0.2) is 0 Å². The Bertz CT molecular complexity index is 572. The fraction of sp³-hybridized carbons (Fsp3) is 0.900. The van der Waals surface area contributed by atoms with E-state index in [0.29, 0.717) is 25.5 Å². The molecular weight excluding hydrogens is 358 g/mol. The third-order valence-corrected chi connectivity index (χ3v) is 6.42. The zero-order valence-electron chi connectivity index (χ0n) is 17.7. The van der Waals surface area contributed by atoms with Gasteiger partial charge in [-0.25, -0.2) is 0 Å². The van der Waals surface area contributed by atoms with Crippen LogP contribution in [0.1, 0.15) is 46.5 Å². The number of rotatable bonds is 6. The fourth-order valence-electron chi connectivity index (χ4n) is 4.92. The van der Waals surface area contributed by atoms with Crippen molar-refractivity contribution < 1.29 is 14.3 Å². The molecule has 160 valence electrons. The second kappa shape index (κ2) is 9.07. The highest BCUT2D eigenvalue weighted by Gasteiger charge is 2.52. The first-order valence-corrected chi connectivity index (χ1v) is 10.7. The lowest BCUT2D eigenvalue weighted by molar-refractivity contribution is -0.164. The number of nitrogens with one attached hydrogen (secondary N) is 2. The lowest BCUT2D eigenvalue weighted by Crippen LogP contribution is -2.74. The van der Waals surface area contributed by atoms with E-state index in [-0.39, 0.29) is 42.1 Å². The number of carbonyl (C=O) groups excluding carboxylic acids is 2. The average molecular weight is 396 g/mol. The lowest BCUT2D eigenvalue weighted by Gasteiger charge is -2.55. The van der Waals surface area contributed by atoms with Gasteiger partial charge in [-0.1, -0.05) is 6.92 Å². The summed E-state index contributed by atoms with van der Waals surface area (Å²) in [5, 5.41) is 6.42. The highest BCUT2D eigenvalue weighted by atomic mass is 16.5. The van der Waals surface area contributed by atoms with Crippen LogP contribution in [0.2, 0.25) is 0 Å². The van der Waals surface area contributed by atoms with Gasteiger partial charge in [0.1, 0.15) is 0 Å². The van der Waals surface area contributed by atoms with E-state index in [4.69, 9.17) is 10.5 Å². The number of hydrogen-bond acceptors (Lipinski definition) is 6. The molecule has 0 aromatic carbocycles. The van der Waals surface area contributed by atoms with Gasteiger partial charge in [0, 0.05) is 26.7 Å². The maximum Gasteiger partial charge on any atom is 0.229 e. The molecule has 3 aliphatic rings. The molecule has 0 aromatic rings. The van der Waals surface area contributed by atoms with Crippen LogP contribution in [0.25, 0.3) is 0 Å². The van der Waals surface area contributed by atoms with Crippen LogP contribution in [0.15, 0.2) is 0 Å². The van der Waals surface area contributed by atoms with E-state index in [1.54, 1.807) is 7.05 Å². The molecule has 3 saturated heterocycles. The molecule has 0 aromatic heterocycles. The number of hydrogen-bond donors (Lipinski definition) is 3. The predicted octanol–water partition coefficient (Wildman–Crippen LogP) is 0.284. The number of likely N-dealkylation sites (tertiary alicyclic amines) is 1. The van der Waals surface area contributed by atoms with Crippen LogP contribution in [0.3, 0.4) is 0 Å². The van der Waals surface area contributed by atoms with Crippen molar-refractivity contribution in [1.82, 2.24) is 20.4 Å². The Labute approximate surface area is 168 Å². The maximum absolute atomic E-state index is 13.3. The first kappa shape index (κ1) is 21.5. The topological polar surface area (TPSA) is 99.9 Å². The maximum atomic E-state index is 13.3. The van der Waals surface area contributed by atoms with Crippen molar-refractivity contribution in [1.29, 1.82) is 0 Å². The molecule has 3 rings (SSSR count). The standard InChI is InChI=1S/C20H37N5O3/c1-12(2)28-9-5-8-24-17(21)14(19(26)22-4)10-15-18(24)23-16-7-6-13(3)11-25(16)20(15)27/h12-18,23H,5-11,21H2,1-4H3,(H,22,26). The minimum atomic E-state index is -0.408. The number of piperidine rings is 2. The number of amides is 2. The van der Waals surface area contributed by atoms with Crippen LogP contribution < -0.4 is 16.4 Å². The Morgan fingerprint density at radius 1 is 1.39 bits per heavy atom.